The second-order valence-corrected chi connectivity index (χ2v) is 6.16. The van der Waals surface area contributed by atoms with Crippen LogP contribution in [0, 0.1) is 0 Å². The van der Waals surface area contributed by atoms with E-state index in [0.29, 0.717) is 11.9 Å². The first-order valence-electron chi connectivity index (χ1n) is 8.32. The highest BCUT2D eigenvalue weighted by molar-refractivity contribution is 5.29. The summed E-state index contributed by atoms with van der Waals surface area (Å²) in [6, 6.07) is 15.7. The van der Waals surface area contributed by atoms with Crippen LogP contribution >= 0.6 is 0 Å². The van der Waals surface area contributed by atoms with E-state index in [1.165, 1.54) is 17.5 Å². The monoisotopic (exact) mass is 312 g/mol. The van der Waals surface area contributed by atoms with Gasteiger partial charge in [-0.2, -0.15) is 0 Å². The Balaban J connectivity index is 1.56. The quantitative estimate of drug-likeness (QED) is 0.874. The molecule has 3 rings (SSSR count). The molecule has 1 N–H and O–H groups in total. The minimum absolute atomic E-state index is 0.194. The maximum atomic E-state index is 9.34. The molecule has 0 aromatic heterocycles. The van der Waals surface area contributed by atoms with Gasteiger partial charge in [0.05, 0.1) is 19.3 Å². The van der Waals surface area contributed by atoms with Gasteiger partial charge in [-0.1, -0.05) is 24.3 Å². The molecule has 1 saturated heterocycles. The number of methoxy groups -OCH3 is 1. The van der Waals surface area contributed by atoms with Gasteiger partial charge in [0.15, 0.2) is 0 Å². The molecular weight excluding hydrogens is 288 g/mol. The number of phenolic OH excluding ortho intramolecular Hbond substituents is 1. The van der Waals surface area contributed by atoms with E-state index in [2.05, 4.69) is 12.1 Å². The van der Waals surface area contributed by atoms with Crippen molar-refractivity contribution in [3.8, 4) is 11.5 Å². The molecule has 0 saturated carbocycles. The molecule has 0 bridgehead atoms. The van der Waals surface area contributed by atoms with Crippen LogP contribution in [-0.2, 0) is 11.2 Å². The van der Waals surface area contributed by atoms with E-state index in [1.54, 1.807) is 19.2 Å². The number of ether oxygens (including phenoxy) is 2. The zero-order chi connectivity index (χ0) is 16.1. The third kappa shape index (κ3) is 4.26. The Kier molecular flexibility index (Phi) is 5.19. The van der Waals surface area contributed by atoms with Crippen LogP contribution in [0.15, 0.2) is 48.5 Å². The highest BCUT2D eigenvalue weighted by Gasteiger charge is 2.23. The normalized spacial score (nSPS) is 21.1. The van der Waals surface area contributed by atoms with Gasteiger partial charge in [0.25, 0.3) is 0 Å². The lowest BCUT2D eigenvalue weighted by Gasteiger charge is -2.30. The molecule has 0 unspecified atom stereocenters. The van der Waals surface area contributed by atoms with Gasteiger partial charge in [0.2, 0.25) is 0 Å². The summed E-state index contributed by atoms with van der Waals surface area (Å²) in [6.45, 7) is 0. The molecule has 0 radical (unpaired) electrons. The largest absolute Gasteiger partial charge is 0.508 e. The van der Waals surface area contributed by atoms with E-state index < -0.39 is 0 Å². The van der Waals surface area contributed by atoms with E-state index in [0.717, 1.165) is 31.4 Å². The van der Waals surface area contributed by atoms with Crippen molar-refractivity contribution >= 4 is 0 Å². The first-order valence-corrected chi connectivity index (χ1v) is 8.32. The molecule has 3 heteroatoms. The number of hydrogen-bond acceptors (Lipinski definition) is 3. The molecule has 1 heterocycles. The summed E-state index contributed by atoms with van der Waals surface area (Å²) < 4.78 is 11.5. The molecule has 0 spiro atoms. The van der Waals surface area contributed by atoms with Gasteiger partial charge >= 0.3 is 0 Å². The summed E-state index contributed by atoms with van der Waals surface area (Å²) in [5, 5.41) is 9.34. The maximum absolute atomic E-state index is 9.34. The lowest BCUT2D eigenvalue weighted by molar-refractivity contribution is -0.0546. The van der Waals surface area contributed by atoms with Crippen LogP contribution in [-0.4, -0.2) is 18.3 Å². The van der Waals surface area contributed by atoms with Crippen LogP contribution in [0.5, 0.6) is 11.5 Å². The Morgan fingerprint density at radius 2 is 1.78 bits per heavy atom. The first kappa shape index (κ1) is 15.9. The van der Waals surface area contributed by atoms with Gasteiger partial charge in [-0.25, -0.2) is 0 Å². The van der Waals surface area contributed by atoms with Crippen molar-refractivity contribution in [2.24, 2.45) is 0 Å². The fourth-order valence-electron chi connectivity index (χ4n) is 3.17. The highest BCUT2D eigenvalue weighted by atomic mass is 16.5. The molecule has 122 valence electrons. The van der Waals surface area contributed by atoms with Crippen LogP contribution in [0.4, 0.5) is 0 Å². The van der Waals surface area contributed by atoms with E-state index in [1.807, 2.05) is 24.3 Å². The van der Waals surface area contributed by atoms with E-state index in [9.17, 15) is 5.11 Å². The molecule has 0 amide bonds. The molecule has 2 aromatic carbocycles. The van der Waals surface area contributed by atoms with Crippen LogP contribution in [0.3, 0.4) is 0 Å². The number of rotatable bonds is 5. The molecule has 2 aromatic rings. The van der Waals surface area contributed by atoms with Crippen molar-refractivity contribution in [1.82, 2.24) is 0 Å². The Labute approximate surface area is 137 Å². The summed E-state index contributed by atoms with van der Waals surface area (Å²) in [4.78, 5) is 0. The maximum Gasteiger partial charge on any atom is 0.118 e. The van der Waals surface area contributed by atoms with Gasteiger partial charge in [-0.05, 0) is 67.5 Å². The predicted molar refractivity (Wildman–Crippen MR) is 90.9 cm³/mol. The molecule has 1 aliphatic rings. The molecule has 1 aliphatic heterocycles. The lowest BCUT2D eigenvalue weighted by Crippen LogP contribution is -2.23. The molecule has 23 heavy (non-hydrogen) atoms. The van der Waals surface area contributed by atoms with Gasteiger partial charge in [-0.3, -0.25) is 0 Å². The van der Waals surface area contributed by atoms with Gasteiger partial charge in [0.1, 0.15) is 11.5 Å². The van der Waals surface area contributed by atoms with Crippen LogP contribution < -0.4 is 4.74 Å². The average molecular weight is 312 g/mol. The summed E-state index contributed by atoms with van der Waals surface area (Å²) in [5.41, 5.74) is 2.48. The van der Waals surface area contributed by atoms with Gasteiger partial charge in [0, 0.05) is 0 Å². The second kappa shape index (κ2) is 7.51. The number of benzene rings is 2. The molecule has 3 nitrogen and oxygen atoms in total. The predicted octanol–water partition coefficient (Wildman–Crippen LogP) is 4.64. The third-order valence-corrected chi connectivity index (χ3v) is 4.53. The number of phenols is 1. The van der Waals surface area contributed by atoms with Crippen molar-refractivity contribution in [2.45, 2.75) is 44.3 Å². The third-order valence-electron chi connectivity index (χ3n) is 4.53. The Hall–Kier alpha value is -2.00. The number of aryl methyl sites for hydroxylation is 1. The van der Waals surface area contributed by atoms with Crippen LogP contribution in [0.25, 0.3) is 0 Å². The summed E-state index contributed by atoms with van der Waals surface area (Å²) in [6.07, 6.45) is 5.94. The minimum atomic E-state index is 0.194. The van der Waals surface area contributed by atoms with E-state index in [4.69, 9.17) is 9.47 Å². The molecular formula is C20H24O3. The Bertz CT molecular complexity index is 604. The molecule has 2 atom stereocenters. The summed E-state index contributed by atoms with van der Waals surface area (Å²) in [7, 11) is 1.69. The lowest BCUT2D eigenvalue weighted by atomic mass is 9.95. The fraction of sp³-hybridized carbons (Fsp3) is 0.400. The van der Waals surface area contributed by atoms with Gasteiger partial charge in [-0.15, -0.1) is 0 Å². The van der Waals surface area contributed by atoms with Crippen molar-refractivity contribution in [3.63, 3.8) is 0 Å². The molecule has 0 aliphatic carbocycles. The van der Waals surface area contributed by atoms with Gasteiger partial charge < -0.3 is 14.6 Å². The summed E-state index contributed by atoms with van der Waals surface area (Å²) >= 11 is 0. The van der Waals surface area contributed by atoms with Crippen molar-refractivity contribution < 1.29 is 14.6 Å². The van der Waals surface area contributed by atoms with Crippen molar-refractivity contribution in [2.75, 3.05) is 7.11 Å². The second-order valence-electron chi connectivity index (χ2n) is 6.16. The Morgan fingerprint density at radius 1 is 1.04 bits per heavy atom. The zero-order valence-corrected chi connectivity index (χ0v) is 13.6. The number of aromatic hydroxyl groups is 1. The smallest absolute Gasteiger partial charge is 0.118 e. The van der Waals surface area contributed by atoms with E-state index >= 15 is 0 Å². The van der Waals surface area contributed by atoms with Crippen molar-refractivity contribution in [3.05, 3.63) is 59.7 Å². The van der Waals surface area contributed by atoms with E-state index in [-0.39, 0.29) is 6.10 Å². The van der Waals surface area contributed by atoms with Crippen molar-refractivity contribution in [1.29, 1.82) is 0 Å². The first-order chi connectivity index (χ1) is 11.2. The minimum Gasteiger partial charge on any atom is -0.508 e. The Morgan fingerprint density at radius 3 is 2.48 bits per heavy atom. The van der Waals surface area contributed by atoms with Crippen LogP contribution in [0.1, 0.15) is 42.9 Å². The SMILES string of the molecule is COc1ccc([C@H]2CCC[C@@H](CCc3ccc(O)cc3)O2)cc1. The summed E-state index contributed by atoms with van der Waals surface area (Å²) in [5.74, 6) is 1.20. The van der Waals surface area contributed by atoms with Crippen LogP contribution in [0.2, 0.25) is 0 Å². The fourth-order valence-corrected chi connectivity index (χ4v) is 3.17. The topological polar surface area (TPSA) is 38.7 Å². The molecule has 1 fully saturated rings. The highest BCUT2D eigenvalue weighted by Crippen LogP contribution is 2.33. The zero-order valence-electron chi connectivity index (χ0n) is 13.6. The number of hydrogen-bond donors (Lipinski definition) is 1. The average Bonchev–Trinajstić information content (AvgIpc) is 2.61. The standard InChI is InChI=1S/C20H24O3/c1-22-18-13-8-16(9-14-18)20-4-2-3-19(23-20)12-7-15-5-10-17(21)11-6-15/h5-6,8-11,13-14,19-21H,2-4,7,12H2,1H3/t19-,20+/m0/s1.